The number of aromatic nitrogens is 3. The molecule has 0 fully saturated rings. The quantitative estimate of drug-likeness (QED) is 0.504. The SMILES string of the molecule is O=C(OCc1cc(-c2ccco2)on1)c1ccc2c(=O)n3c(nc2c1)CCC3. The highest BCUT2D eigenvalue weighted by molar-refractivity contribution is 5.94. The number of nitrogens with zero attached hydrogens (tertiary/aromatic N) is 3. The number of carbonyl (C=O) groups is 1. The molecule has 4 aromatic rings. The number of hydrogen-bond donors (Lipinski definition) is 0. The van der Waals surface area contributed by atoms with Crippen LogP contribution in [0.1, 0.15) is 28.3 Å². The molecular weight excluding hydrogens is 362 g/mol. The van der Waals surface area contributed by atoms with Gasteiger partial charge in [0, 0.05) is 19.0 Å². The van der Waals surface area contributed by atoms with Crippen LogP contribution in [0.25, 0.3) is 22.4 Å². The Balaban J connectivity index is 1.35. The minimum atomic E-state index is -0.521. The van der Waals surface area contributed by atoms with Gasteiger partial charge in [-0.05, 0) is 36.8 Å². The molecular formula is C20H15N3O5. The molecule has 5 rings (SSSR count). The Morgan fingerprint density at radius 2 is 2.14 bits per heavy atom. The molecule has 3 aromatic heterocycles. The van der Waals surface area contributed by atoms with Crippen LogP contribution in [0, 0.1) is 0 Å². The summed E-state index contributed by atoms with van der Waals surface area (Å²) in [6, 6.07) is 9.93. The number of fused-ring (bicyclic) bond motifs is 2. The molecule has 8 nitrogen and oxygen atoms in total. The van der Waals surface area contributed by atoms with Crippen molar-refractivity contribution in [1.29, 1.82) is 0 Å². The van der Waals surface area contributed by atoms with E-state index in [0.29, 0.717) is 40.2 Å². The molecule has 1 aliphatic rings. The summed E-state index contributed by atoms with van der Waals surface area (Å²) in [5, 5.41) is 4.37. The van der Waals surface area contributed by atoms with Crippen molar-refractivity contribution < 1.29 is 18.5 Å². The lowest BCUT2D eigenvalue weighted by Crippen LogP contribution is -2.21. The molecule has 0 saturated heterocycles. The van der Waals surface area contributed by atoms with Gasteiger partial charge in [0.2, 0.25) is 5.76 Å². The summed E-state index contributed by atoms with van der Waals surface area (Å²) in [4.78, 5) is 29.4. The Hall–Kier alpha value is -3.68. The maximum absolute atomic E-state index is 12.5. The first kappa shape index (κ1) is 16.5. The molecule has 28 heavy (non-hydrogen) atoms. The van der Waals surface area contributed by atoms with Gasteiger partial charge in [-0.25, -0.2) is 9.78 Å². The lowest BCUT2D eigenvalue weighted by Gasteiger charge is -2.07. The van der Waals surface area contributed by atoms with Crippen molar-refractivity contribution in [3.8, 4) is 11.5 Å². The summed E-state index contributed by atoms with van der Waals surface area (Å²) in [6.45, 7) is 0.653. The van der Waals surface area contributed by atoms with Gasteiger partial charge in [-0.3, -0.25) is 9.36 Å². The van der Waals surface area contributed by atoms with Gasteiger partial charge in [-0.2, -0.15) is 0 Å². The van der Waals surface area contributed by atoms with E-state index in [-0.39, 0.29) is 12.2 Å². The molecule has 0 unspecified atom stereocenters. The standard InChI is InChI=1S/C20H15N3O5/c24-19-14-6-5-12(9-15(14)21-18-4-1-7-23(18)19)20(25)27-11-13-10-17(28-22-13)16-3-2-8-26-16/h2-3,5-6,8-10H,1,4,7,11H2. The average Bonchev–Trinajstić information content (AvgIpc) is 3.46. The highest BCUT2D eigenvalue weighted by Gasteiger charge is 2.18. The molecule has 0 radical (unpaired) electrons. The first-order valence-corrected chi connectivity index (χ1v) is 8.89. The largest absolute Gasteiger partial charge is 0.461 e. The number of benzene rings is 1. The summed E-state index contributed by atoms with van der Waals surface area (Å²) in [7, 11) is 0. The fourth-order valence-corrected chi connectivity index (χ4v) is 3.35. The average molecular weight is 377 g/mol. The summed E-state index contributed by atoms with van der Waals surface area (Å²) >= 11 is 0. The van der Waals surface area contributed by atoms with E-state index in [4.69, 9.17) is 13.7 Å². The molecule has 0 aliphatic carbocycles. The van der Waals surface area contributed by atoms with E-state index in [1.165, 1.54) is 6.26 Å². The van der Waals surface area contributed by atoms with Gasteiger partial charge in [0.25, 0.3) is 5.56 Å². The van der Waals surface area contributed by atoms with Gasteiger partial charge in [0.05, 0.1) is 22.7 Å². The monoisotopic (exact) mass is 377 g/mol. The minimum Gasteiger partial charge on any atom is -0.461 e. The molecule has 0 saturated carbocycles. The van der Waals surface area contributed by atoms with Crippen LogP contribution in [0.5, 0.6) is 0 Å². The van der Waals surface area contributed by atoms with Crippen molar-refractivity contribution in [2.75, 3.05) is 0 Å². The zero-order chi connectivity index (χ0) is 19.1. The van der Waals surface area contributed by atoms with Gasteiger partial charge < -0.3 is 13.7 Å². The van der Waals surface area contributed by atoms with Crippen LogP contribution < -0.4 is 5.56 Å². The molecule has 8 heteroatoms. The molecule has 0 atom stereocenters. The van der Waals surface area contributed by atoms with Crippen LogP contribution in [0.3, 0.4) is 0 Å². The van der Waals surface area contributed by atoms with E-state index < -0.39 is 5.97 Å². The van der Waals surface area contributed by atoms with Gasteiger partial charge in [-0.1, -0.05) is 5.16 Å². The summed E-state index contributed by atoms with van der Waals surface area (Å²) in [6.07, 6.45) is 3.21. The zero-order valence-electron chi connectivity index (χ0n) is 14.8. The Morgan fingerprint density at radius 3 is 3.00 bits per heavy atom. The number of aryl methyl sites for hydroxylation is 1. The number of ether oxygens (including phenoxy) is 1. The second kappa shape index (κ2) is 6.49. The number of rotatable bonds is 4. The highest BCUT2D eigenvalue weighted by Crippen LogP contribution is 2.21. The predicted octanol–water partition coefficient (Wildman–Crippen LogP) is 2.95. The van der Waals surface area contributed by atoms with Crippen LogP contribution in [0.2, 0.25) is 0 Å². The molecule has 4 heterocycles. The Labute approximate surface area is 158 Å². The third-order valence-electron chi connectivity index (χ3n) is 4.73. The lowest BCUT2D eigenvalue weighted by atomic mass is 10.1. The van der Waals surface area contributed by atoms with Crippen molar-refractivity contribution in [2.45, 2.75) is 26.0 Å². The molecule has 0 N–H and O–H groups in total. The number of hydrogen-bond acceptors (Lipinski definition) is 7. The number of esters is 1. The Kier molecular flexibility index (Phi) is 3.82. The third kappa shape index (κ3) is 2.79. The Morgan fingerprint density at radius 1 is 1.21 bits per heavy atom. The molecule has 0 spiro atoms. The maximum atomic E-state index is 12.5. The molecule has 140 valence electrons. The molecule has 0 bridgehead atoms. The van der Waals surface area contributed by atoms with Crippen LogP contribution >= 0.6 is 0 Å². The second-order valence-electron chi connectivity index (χ2n) is 6.56. The van der Waals surface area contributed by atoms with E-state index in [1.807, 2.05) is 0 Å². The van der Waals surface area contributed by atoms with Crippen LogP contribution in [0.4, 0.5) is 0 Å². The van der Waals surface area contributed by atoms with E-state index >= 15 is 0 Å². The third-order valence-corrected chi connectivity index (χ3v) is 4.73. The normalized spacial score (nSPS) is 13.0. The lowest BCUT2D eigenvalue weighted by molar-refractivity contribution is 0.0464. The van der Waals surface area contributed by atoms with E-state index in [1.54, 1.807) is 41.0 Å². The van der Waals surface area contributed by atoms with Crippen LogP contribution in [-0.2, 0) is 24.3 Å². The molecule has 0 amide bonds. The highest BCUT2D eigenvalue weighted by atomic mass is 16.5. The van der Waals surface area contributed by atoms with E-state index in [0.717, 1.165) is 18.7 Å². The van der Waals surface area contributed by atoms with Crippen molar-refractivity contribution in [3.05, 3.63) is 70.1 Å². The smallest absolute Gasteiger partial charge is 0.338 e. The van der Waals surface area contributed by atoms with Crippen LogP contribution in [0.15, 0.2) is 56.4 Å². The van der Waals surface area contributed by atoms with E-state index in [2.05, 4.69) is 10.1 Å². The molecule has 1 aliphatic heterocycles. The van der Waals surface area contributed by atoms with Gasteiger partial charge >= 0.3 is 5.97 Å². The summed E-state index contributed by atoms with van der Waals surface area (Å²) < 4.78 is 17.4. The molecule has 1 aromatic carbocycles. The van der Waals surface area contributed by atoms with Crippen LogP contribution in [-0.4, -0.2) is 20.7 Å². The Bertz CT molecular complexity index is 1240. The van der Waals surface area contributed by atoms with Gasteiger partial charge in [-0.15, -0.1) is 0 Å². The first-order chi connectivity index (χ1) is 13.7. The van der Waals surface area contributed by atoms with E-state index in [9.17, 15) is 9.59 Å². The minimum absolute atomic E-state index is 0.0403. The zero-order valence-corrected chi connectivity index (χ0v) is 14.8. The maximum Gasteiger partial charge on any atom is 0.338 e. The van der Waals surface area contributed by atoms with Crippen molar-refractivity contribution >= 4 is 16.9 Å². The number of furan rings is 1. The predicted molar refractivity (Wildman–Crippen MR) is 97.6 cm³/mol. The topological polar surface area (TPSA) is 100 Å². The fourth-order valence-electron chi connectivity index (χ4n) is 3.35. The summed E-state index contributed by atoms with van der Waals surface area (Å²) in [5.41, 5.74) is 1.24. The van der Waals surface area contributed by atoms with Crippen molar-refractivity contribution in [2.24, 2.45) is 0 Å². The summed E-state index contributed by atoms with van der Waals surface area (Å²) in [5.74, 6) is 1.24. The van der Waals surface area contributed by atoms with Gasteiger partial charge in [0.1, 0.15) is 18.1 Å². The second-order valence-corrected chi connectivity index (χ2v) is 6.56. The van der Waals surface area contributed by atoms with Gasteiger partial charge in [0.15, 0.2) is 5.76 Å². The van der Waals surface area contributed by atoms with Crippen molar-refractivity contribution in [3.63, 3.8) is 0 Å². The number of carbonyl (C=O) groups excluding carboxylic acids is 1. The van der Waals surface area contributed by atoms with Crippen molar-refractivity contribution in [1.82, 2.24) is 14.7 Å². The fraction of sp³-hybridized carbons (Fsp3) is 0.200. The first-order valence-electron chi connectivity index (χ1n) is 8.89.